The van der Waals surface area contributed by atoms with Crippen LogP contribution in [-0.2, 0) is 22.7 Å². The zero-order valence-corrected chi connectivity index (χ0v) is 24.6. The van der Waals surface area contributed by atoms with Crippen molar-refractivity contribution in [1.29, 1.82) is 0 Å². The van der Waals surface area contributed by atoms with Crippen LogP contribution in [0.4, 0.5) is 4.39 Å². The van der Waals surface area contributed by atoms with Gasteiger partial charge in [0.1, 0.15) is 23.4 Å². The highest BCUT2D eigenvalue weighted by Gasteiger charge is 2.40. The summed E-state index contributed by atoms with van der Waals surface area (Å²) in [6.45, 7) is 6.88. The second-order valence-electron chi connectivity index (χ2n) is 11.1. The summed E-state index contributed by atoms with van der Waals surface area (Å²) < 4.78 is 21.2. The molecule has 3 aromatic carbocycles. The first-order valence-electron chi connectivity index (χ1n) is 14.5. The highest BCUT2D eigenvalue weighted by atomic mass is 19.1. The molecule has 2 amide bonds. The number of benzene rings is 3. The number of hydrogen-bond acceptors (Lipinski definition) is 6. The number of amides is 2. The van der Waals surface area contributed by atoms with E-state index >= 15 is 4.39 Å². The third-order valence-electron chi connectivity index (χ3n) is 7.49. The number of nitrogens with one attached hydrogen (secondary N) is 1. The van der Waals surface area contributed by atoms with Crippen molar-refractivity contribution in [2.75, 3.05) is 13.1 Å². The van der Waals surface area contributed by atoms with E-state index in [4.69, 9.17) is 4.74 Å². The molecule has 5 rings (SSSR count). The van der Waals surface area contributed by atoms with Crippen LogP contribution in [0.2, 0.25) is 0 Å². The lowest BCUT2D eigenvalue weighted by Crippen LogP contribution is -2.64. The molecule has 1 N–H and O–H groups in total. The summed E-state index contributed by atoms with van der Waals surface area (Å²) in [4.78, 5) is 39.2. The van der Waals surface area contributed by atoms with Crippen LogP contribution < -0.4 is 10.1 Å². The maximum Gasteiger partial charge on any atom is 0.244 e. The van der Waals surface area contributed by atoms with Gasteiger partial charge in [-0.05, 0) is 42.8 Å². The Kier molecular flexibility index (Phi) is 9.41. The molecular weight excluding hydrogens is 545 g/mol. The maximum absolute atomic E-state index is 15.2. The van der Waals surface area contributed by atoms with Gasteiger partial charge >= 0.3 is 0 Å². The summed E-state index contributed by atoms with van der Waals surface area (Å²) in [5.41, 5.74) is 2.19. The number of nitrogens with zero attached hydrogens (tertiary/aromatic N) is 4. The fraction of sp³-hybridized carbons (Fsp3) is 0.294. The summed E-state index contributed by atoms with van der Waals surface area (Å²) >= 11 is 0. The molecule has 8 nitrogen and oxygen atoms in total. The summed E-state index contributed by atoms with van der Waals surface area (Å²) in [7, 11) is 0. The third-order valence-corrected chi connectivity index (χ3v) is 7.49. The number of aromatic nitrogens is 2. The van der Waals surface area contributed by atoms with E-state index in [1.807, 2.05) is 80.3 Å². The molecular formula is C34H36FN5O3. The van der Waals surface area contributed by atoms with Gasteiger partial charge in [-0.15, -0.1) is 0 Å². The second-order valence-corrected chi connectivity index (χ2v) is 11.1. The van der Waals surface area contributed by atoms with Crippen molar-refractivity contribution < 1.29 is 18.7 Å². The Bertz CT molecular complexity index is 1530. The number of para-hydroxylation sites is 1. The lowest BCUT2D eigenvalue weighted by molar-refractivity contribution is -0.150. The van der Waals surface area contributed by atoms with Gasteiger partial charge in [0.25, 0.3) is 0 Å². The number of carbonyl (C=O) groups excluding carboxylic acids is 2. The Morgan fingerprint density at radius 3 is 2.37 bits per heavy atom. The molecule has 0 spiro atoms. The highest BCUT2D eigenvalue weighted by Crippen LogP contribution is 2.30. The number of ether oxygens (including phenoxy) is 1. The molecule has 4 aromatic rings. The SMILES string of the molecule is CC(C)C(=O)N1[C@H](C)CN(Cc2c(F)cccc2Oc2ccccc2)C[C@@H]1C(=O)NCc1ccc(-c2ncccn2)cc1. The molecule has 0 aliphatic carbocycles. The Morgan fingerprint density at radius 2 is 1.67 bits per heavy atom. The van der Waals surface area contributed by atoms with Crippen LogP contribution in [0.15, 0.2) is 91.3 Å². The fourth-order valence-corrected chi connectivity index (χ4v) is 5.34. The van der Waals surface area contributed by atoms with Crippen molar-refractivity contribution in [3.05, 3.63) is 108 Å². The average Bonchev–Trinajstić information content (AvgIpc) is 3.02. The van der Waals surface area contributed by atoms with E-state index in [2.05, 4.69) is 15.3 Å². The normalized spacial score (nSPS) is 17.1. The summed E-state index contributed by atoms with van der Waals surface area (Å²) in [6, 6.07) is 22.5. The predicted molar refractivity (Wildman–Crippen MR) is 162 cm³/mol. The van der Waals surface area contributed by atoms with Gasteiger partial charge < -0.3 is 15.0 Å². The highest BCUT2D eigenvalue weighted by molar-refractivity contribution is 5.89. The van der Waals surface area contributed by atoms with Crippen LogP contribution in [0.25, 0.3) is 11.4 Å². The van der Waals surface area contributed by atoms with Crippen LogP contribution in [0.1, 0.15) is 31.9 Å². The first kappa shape index (κ1) is 29.8. The molecule has 9 heteroatoms. The Morgan fingerprint density at radius 1 is 0.953 bits per heavy atom. The lowest BCUT2D eigenvalue weighted by Gasteiger charge is -2.45. The average molecular weight is 582 g/mol. The largest absolute Gasteiger partial charge is 0.457 e. The number of piperazine rings is 1. The Labute approximate surface area is 251 Å². The number of rotatable bonds is 9. The smallest absolute Gasteiger partial charge is 0.244 e. The predicted octanol–water partition coefficient (Wildman–Crippen LogP) is 5.45. The molecule has 222 valence electrons. The van der Waals surface area contributed by atoms with Crippen molar-refractivity contribution >= 4 is 11.8 Å². The number of hydrogen-bond donors (Lipinski definition) is 1. The monoisotopic (exact) mass is 581 g/mol. The van der Waals surface area contributed by atoms with E-state index in [1.54, 1.807) is 35.5 Å². The van der Waals surface area contributed by atoms with E-state index in [0.29, 0.717) is 36.0 Å². The Hall–Kier alpha value is -4.63. The zero-order valence-electron chi connectivity index (χ0n) is 24.6. The van der Waals surface area contributed by atoms with Gasteiger partial charge in [-0.2, -0.15) is 0 Å². The van der Waals surface area contributed by atoms with Gasteiger partial charge in [-0.25, -0.2) is 14.4 Å². The molecule has 1 saturated heterocycles. The molecule has 43 heavy (non-hydrogen) atoms. The van der Waals surface area contributed by atoms with Crippen LogP contribution in [0, 0.1) is 11.7 Å². The van der Waals surface area contributed by atoms with Crippen LogP contribution in [0.3, 0.4) is 0 Å². The van der Waals surface area contributed by atoms with Gasteiger partial charge in [-0.3, -0.25) is 14.5 Å². The molecule has 0 radical (unpaired) electrons. The van der Waals surface area contributed by atoms with Crippen molar-refractivity contribution in [3.63, 3.8) is 0 Å². The minimum atomic E-state index is -0.735. The van der Waals surface area contributed by atoms with Crippen LogP contribution in [-0.4, -0.2) is 56.8 Å². The first-order chi connectivity index (χ1) is 20.8. The molecule has 0 saturated carbocycles. The maximum atomic E-state index is 15.2. The van der Waals surface area contributed by atoms with Gasteiger partial charge in [0.2, 0.25) is 11.8 Å². The molecule has 0 unspecified atom stereocenters. The zero-order chi connectivity index (χ0) is 30.3. The number of carbonyl (C=O) groups is 2. The minimum absolute atomic E-state index is 0.0847. The molecule has 1 aliphatic rings. The third kappa shape index (κ3) is 7.24. The van der Waals surface area contributed by atoms with E-state index in [-0.39, 0.29) is 42.7 Å². The molecule has 1 aromatic heterocycles. The van der Waals surface area contributed by atoms with E-state index < -0.39 is 6.04 Å². The van der Waals surface area contributed by atoms with Crippen LogP contribution in [0.5, 0.6) is 11.5 Å². The van der Waals surface area contributed by atoms with Crippen molar-refractivity contribution in [1.82, 2.24) is 25.1 Å². The quantitative estimate of drug-likeness (QED) is 0.283. The first-order valence-corrected chi connectivity index (χ1v) is 14.5. The van der Waals surface area contributed by atoms with Gasteiger partial charge in [0, 0.05) is 61.7 Å². The second kappa shape index (κ2) is 13.6. The Balaban J connectivity index is 1.32. The molecule has 2 atom stereocenters. The van der Waals surface area contributed by atoms with Gasteiger partial charge in [0.05, 0.1) is 0 Å². The summed E-state index contributed by atoms with van der Waals surface area (Å²) in [6.07, 6.45) is 3.39. The molecule has 2 heterocycles. The van der Waals surface area contributed by atoms with Gasteiger partial charge in [0.15, 0.2) is 5.82 Å². The fourth-order valence-electron chi connectivity index (χ4n) is 5.34. The summed E-state index contributed by atoms with van der Waals surface area (Å²) in [5, 5.41) is 3.02. The molecule has 0 bridgehead atoms. The molecule has 1 aliphatic heterocycles. The van der Waals surface area contributed by atoms with Gasteiger partial charge in [-0.1, -0.05) is 62.4 Å². The van der Waals surface area contributed by atoms with E-state index in [9.17, 15) is 9.59 Å². The van der Waals surface area contributed by atoms with Crippen molar-refractivity contribution in [2.45, 2.75) is 45.9 Å². The van der Waals surface area contributed by atoms with Crippen molar-refractivity contribution in [2.24, 2.45) is 5.92 Å². The van der Waals surface area contributed by atoms with E-state index in [0.717, 1.165) is 11.1 Å². The molecule has 1 fully saturated rings. The van der Waals surface area contributed by atoms with Crippen molar-refractivity contribution in [3.8, 4) is 22.9 Å². The van der Waals surface area contributed by atoms with Crippen LogP contribution >= 0.6 is 0 Å². The number of halogens is 1. The van der Waals surface area contributed by atoms with E-state index in [1.165, 1.54) is 6.07 Å². The standard InChI is InChI=1S/C34H36FN5O3/c1-23(2)34(42)40-24(3)20-39(21-28-29(35)11-7-12-31(28)43-27-9-5-4-6-10-27)22-30(40)33(41)38-19-25-13-15-26(16-14-25)32-36-17-8-18-37-32/h4-18,23-24,30H,19-22H2,1-3H3,(H,38,41)/t24-,30-/m1/s1. The topological polar surface area (TPSA) is 87.7 Å². The minimum Gasteiger partial charge on any atom is -0.457 e. The summed E-state index contributed by atoms with van der Waals surface area (Å²) in [5.74, 6) is 0.668. The lowest BCUT2D eigenvalue weighted by atomic mass is 10.0.